The second-order valence-electron chi connectivity index (χ2n) is 8.51. The van der Waals surface area contributed by atoms with Crippen LogP contribution in [0, 0.1) is 0 Å². The SMILES string of the molecule is C.CCN1CCN(c2nc(-c3ccc(S(=O)(=O)N4CCOCC4)cc3)cc3ccccc23)CC1. The molecular weight excluding hydrogens is 448 g/mol. The van der Waals surface area contributed by atoms with Gasteiger partial charge in [-0.3, -0.25) is 0 Å². The number of rotatable bonds is 5. The van der Waals surface area contributed by atoms with Crippen molar-refractivity contribution >= 4 is 26.6 Å². The minimum atomic E-state index is -3.51. The minimum absolute atomic E-state index is 0. The van der Waals surface area contributed by atoms with E-state index in [1.807, 2.05) is 18.2 Å². The second-order valence-corrected chi connectivity index (χ2v) is 10.5. The number of morpholine rings is 1. The van der Waals surface area contributed by atoms with Crippen LogP contribution in [0.3, 0.4) is 0 Å². The summed E-state index contributed by atoms with van der Waals surface area (Å²) in [5, 5.41) is 2.29. The van der Waals surface area contributed by atoms with Gasteiger partial charge in [0.2, 0.25) is 10.0 Å². The maximum atomic E-state index is 13.0. The van der Waals surface area contributed by atoms with Gasteiger partial charge >= 0.3 is 0 Å². The molecule has 2 fully saturated rings. The van der Waals surface area contributed by atoms with E-state index in [1.165, 1.54) is 4.31 Å². The number of sulfonamides is 1. The molecule has 3 heterocycles. The third-order valence-corrected chi connectivity index (χ3v) is 8.51. The van der Waals surface area contributed by atoms with Gasteiger partial charge in [-0.15, -0.1) is 0 Å². The van der Waals surface area contributed by atoms with Crippen LogP contribution in [0.4, 0.5) is 5.82 Å². The largest absolute Gasteiger partial charge is 0.379 e. The van der Waals surface area contributed by atoms with Crippen LogP contribution in [0.2, 0.25) is 0 Å². The number of ether oxygens (including phenoxy) is 1. The molecule has 0 bridgehead atoms. The quantitative estimate of drug-likeness (QED) is 0.553. The minimum Gasteiger partial charge on any atom is -0.379 e. The highest BCUT2D eigenvalue weighted by molar-refractivity contribution is 7.89. The number of hydrogen-bond acceptors (Lipinski definition) is 6. The van der Waals surface area contributed by atoms with Gasteiger partial charge in [-0.25, -0.2) is 13.4 Å². The van der Waals surface area contributed by atoms with Crippen LogP contribution >= 0.6 is 0 Å². The first-order valence-corrected chi connectivity index (χ1v) is 13.1. The van der Waals surface area contributed by atoms with Crippen LogP contribution < -0.4 is 4.90 Å². The van der Waals surface area contributed by atoms with Gasteiger partial charge in [-0.1, -0.05) is 50.7 Å². The van der Waals surface area contributed by atoms with Crippen molar-refractivity contribution in [3.05, 3.63) is 54.6 Å². The summed E-state index contributed by atoms with van der Waals surface area (Å²) in [4.78, 5) is 10.2. The van der Waals surface area contributed by atoms with Crippen molar-refractivity contribution in [1.29, 1.82) is 0 Å². The van der Waals surface area contributed by atoms with Gasteiger partial charge in [-0.05, 0) is 30.1 Å². The van der Waals surface area contributed by atoms with Crippen LogP contribution in [0.5, 0.6) is 0 Å². The number of aromatic nitrogens is 1. The summed E-state index contributed by atoms with van der Waals surface area (Å²) in [6, 6.07) is 17.5. The van der Waals surface area contributed by atoms with Crippen molar-refractivity contribution in [2.75, 3.05) is 63.9 Å². The molecule has 2 aromatic carbocycles. The third-order valence-electron chi connectivity index (χ3n) is 6.60. The Bertz CT molecular complexity index is 1220. The molecule has 1 aromatic heterocycles. The van der Waals surface area contributed by atoms with Crippen LogP contribution in [0.1, 0.15) is 14.4 Å². The molecule has 0 saturated carbocycles. The highest BCUT2D eigenvalue weighted by Crippen LogP contribution is 2.31. The fourth-order valence-electron chi connectivity index (χ4n) is 4.58. The summed E-state index contributed by atoms with van der Waals surface area (Å²) in [5.74, 6) is 1.00. The lowest BCUT2D eigenvalue weighted by Crippen LogP contribution is -2.46. The number of fused-ring (bicyclic) bond motifs is 1. The molecule has 182 valence electrons. The molecule has 2 aliphatic heterocycles. The molecule has 5 rings (SSSR count). The van der Waals surface area contributed by atoms with Crippen molar-refractivity contribution in [3.63, 3.8) is 0 Å². The monoisotopic (exact) mass is 482 g/mol. The van der Waals surface area contributed by atoms with Crippen molar-refractivity contribution in [3.8, 4) is 11.3 Å². The zero-order valence-electron chi connectivity index (χ0n) is 19.0. The molecule has 2 aliphatic rings. The molecule has 0 N–H and O–H groups in total. The van der Waals surface area contributed by atoms with Crippen LogP contribution in [0.15, 0.2) is 59.5 Å². The maximum Gasteiger partial charge on any atom is 0.243 e. The number of nitrogens with zero attached hydrogens (tertiary/aromatic N) is 4. The first-order valence-electron chi connectivity index (χ1n) is 11.6. The Morgan fingerprint density at radius 3 is 2.26 bits per heavy atom. The Labute approximate surface area is 203 Å². The highest BCUT2D eigenvalue weighted by Gasteiger charge is 2.26. The molecule has 0 radical (unpaired) electrons. The summed E-state index contributed by atoms with van der Waals surface area (Å²) >= 11 is 0. The van der Waals surface area contributed by atoms with Crippen molar-refractivity contribution in [2.45, 2.75) is 19.2 Å². The molecule has 0 aliphatic carbocycles. The van der Waals surface area contributed by atoms with Gasteiger partial charge in [-0.2, -0.15) is 4.31 Å². The average Bonchev–Trinajstić information content (AvgIpc) is 2.88. The number of anilines is 1. The predicted octanol–water partition coefficient (Wildman–Crippen LogP) is 3.70. The van der Waals surface area contributed by atoms with Gasteiger partial charge in [0.15, 0.2) is 0 Å². The first kappa shape index (κ1) is 24.6. The number of hydrogen-bond donors (Lipinski definition) is 0. The fourth-order valence-corrected chi connectivity index (χ4v) is 5.99. The van der Waals surface area contributed by atoms with E-state index >= 15 is 0 Å². The summed E-state index contributed by atoms with van der Waals surface area (Å²) in [7, 11) is -3.51. The Morgan fingerprint density at radius 2 is 1.59 bits per heavy atom. The van der Waals surface area contributed by atoms with E-state index in [0.717, 1.165) is 60.6 Å². The highest BCUT2D eigenvalue weighted by atomic mass is 32.2. The molecule has 0 spiro atoms. The lowest BCUT2D eigenvalue weighted by atomic mass is 10.1. The lowest BCUT2D eigenvalue weighted by molar-refractivity contribution is 0.0730. The van der Waals surface area contributed by atoms with Crippen molar-refractivity contribution in [1.82, 2.24) is 14.2 Å². The van der Waals surface area contributed by atoms with E-state index in [9.17, 15) is 8.42 Å². The topological polar surface area (TPSA) is 66.0 Å². The van der Waals surface area contributed by atoms with Gasteiger partial charge in [0, 0.05) is 50.2 Å². The van der Waals surface area contributed by atoms with Crippen molar-refractivity contribution in [2.24, 2.45) is 0 Å². The summed E-state index contributed by atoms with van der Waals surface area (Å²) in [6.07, 6.45) is 0. The molecule has 0 amide bonds. The van der Waals surface area contributed by atoms with Crippen LogP contribution in [0.25, 0.3) is 22.0 Å². The van der Waals surface area contributed by atoms with E-state index in [0.29, 0.717) is 31.2 Å². The van der Waals surface area contributed by atoms with E-state index in [2.05, 4.69) is 41.0 Å². The maximum absolute atomic E-state index is 13.0. The van der Waals surface area contributed by atoms with Gasteiger partial charge in [0.1, 0.15) is 5.82 Å². The molecule has 7 nitrogen and oxygen atoms in total. The zero-order valence-corrected chi connectivity index (χ0v) is 19.8. The standard InChI is InChI=1S/C25H30N4O3S.CH4/c1-2-27-11-13-28(14-12-27)25-23-6-4-3-5-21(23)19-24(26-25)20-7-9-22(10-8-20)33(30,31)29-15-17-32-18-16-29;/h3-10,19H,2,11-18H2,1H3;1H4. The van der Waals surface area contributed by atoms with E-state index in [1.54, 1.807) is 12.1 Å². The van der Waals surface area contributed by atoms with Crippen molar-refractivity contribution < 1.29 is 13.2 Å². The predicted molar refractivity (Wildman–Crippen MR) is 138 cm³/mol. The average molecular weight is 483 g/mol. The number of piperazine rings is 1. The zero-order chi connectivity index (χ0) is 22.8. The summed E-state index contributed by atoms with van der Waals surface area (Å²) < 4.78 is 32.7. The smallest absolute Gasteiger partial charge is 0.243 e. The number of pyridine rings is 1. The molecule has 8 heteroatoms. The van der Waals surface area contributed by atoms with Gasteiger partial charge in [0.05, 0.1) is 23.8 Å². The summed E-state index contributed by atoms with van der Waals surface area (Å²) in [5.41, 5.74) is 1.77. The first-order chi connectivity index (χ1) is 16.1. The molecular formula is C26H34N4O3S. The second kappa shape index (κ2) is 10.4. The van der Waals surface area contributed by atoms with Gasteiger partial charge in [0.25, 0.3) is 0 Å². The lowest BCUT2D eigenvalue weighted by Gasteiger charge is -2.35. The van der Waals surface area contributed by atoms with Crippen LogP contribution in [-0.2, 0) is 14.8 Å². The van der Waals surface area contributed by atoms with E-state index in [-0.39, 0.29) is 7.43 Å². The molecule has 3 aromatic rings. The molecule has 2 saturated heterocycles. The Balaban J connectivity index is 0.00000274. The Hall–Kier alpha value is -2.52. The fraction of sp³-hybridized carbons (Fsp3) is 0.423. The molecule has 34 heavy (non-hydrogen) atoms. The third kappa shape index (κ3) is 4.81. The number of benzene rings is 2. The Morgan fingerprint density at radius 1 is 0.912 bits per heavy atom. The normalized spacial score (nSPS) is 18.1. The van der Waals surface area contributed by atoms with E-state index < -0.39 is 10.0 Å². The van der Waals surface area contributed by atoms with Crippen LogP contribution in [-0.4, -0.2) is 81.6 Å². The number of likely N-dealkylation sites (N-methyl/N-ethyl adjacent to an activating group) is 1. The van der Waals surface area contributed by atoms with Gasteiger partial charge < -0.3 is 14.5 Å². The Kier molecular flexibility index (Phi) is 7.52. The van der Waals surface area contributed by atoms with E-state index in [4.69, 9.17) is 9.72 Å². The molecule has 0 unspecified atom stereocenters. The molecule has 0 atom stereocenters. The summed E-state index contributed by atoms with van der Waals surface area (Å²) in [6.45, 7) is 8.90.